The number of hydrogen-bond acceptors (Lipinski definition) is 5. The van der Waals surface area contributed by atoms with Crippen molar-refractivity contribution < 1.29 is 19.1 Å². The van der Waals surface area contributed by atoms with E-state index in [2.05, 4.69) is 0 Å². The highest BCUT2D eigenvalue weighted by Gasteiger charge is 2.37. The summed E-state index contributed by atoms with van der Waals surface area (Å²) in [6.07, 6.45) is 1.15. The lowest BCUT2D eigenvalue weighted by Crippen LogP contribution is -2.57. The van der Waals surface area contributed by atoms with Crippen molar-refractivity contribution in [2.45, 2.75) is 52.1 Å². The Labute approximate surface area is 152 Å². The number of nitrogens with two attached hydrogens (primary N) is 1. The van der Waals surface area contributed by atoms with Crippen LogP contribution in [0.25, 0.3) is 0 Å². The molecule has 0 spiro atoms. The van der Waals surface area contributed by atoms with Gasteiger partial charge in [0.1, 0.15) is 5.60 Å². The molecule has 2 N–H and O–H groups in total. The van der Waals surface area contributed by atoms with E-state index in [1.807, 2.05) is 12.1 Å². The van der Waals surface area contributed by atoms with Gasteiger partial charge in [-0.15, -0.1) is 5.12 Å². The molecule has 0 unspecified atom stereocenters. The van der Waals surface area contributed by atoms with E-state index in [4.69, 9.17) is 10.6 Å². The molecule has 0 bridgehead atoms. The molecule has 1 fully saturated rings. The normalized spacial score (nSPS) is 17.4. The summed E-state index contributed by atoms with van der Waals surface area (Å²) in [6, 6.07) is 5.50. The van der Waals surface area contributed by atoms with Crippen molar-refractivity contribution in [3.63, 3.8) is 0 Å². The second kappa shape index (κ2) is 6.60. The number of benzene rings is 1. The summed E-state index contributed by atoms with van der Waals surface area (Å²) in [5.41, 5.74) is 1.19. The fourth-order valence-corrected chi connectivity index (χ4v) is 3.24. The molecule has 8 nitrogen and oxygen atoms in total. The first-order chi connectivity index (χ1) is 12.2. The Bertz CT molecular complexity index is 756. The van der Waals surface area contributed by atoms with Gasteiger partial charge in [-0.3, -0.25) is 9.59 Å². The summed E-state index contributed by atoms with van der Waals surface area (Å²) in [5.74, 6) is 5.65. The van der Waals surface area contributed by atoms with E-state index >= 15 is 0 Å². The van der Waals surface area contributed by atoms with E-state index in [1.165, 1.54) is 0 Å². The number of nitrogens with zero attached hydrogens (tertiary/aromatic N) is 3. The third-order valence-electron chi connectivity index (χ3n) is 4.31. The van der Waals surface area contributed by atoms with Crippen molar-refractivity contribution in [1.29, 1.82) is 0 Å². The van der Waals surface area contributed by atoms with Crippen molar-refractivity contribution in [1.82, 2.24) is 5.12 Å². The quantitative estimate of drug-likeness (QED) is 0.495. The molecule has 2 aliphatic heterocycles. The summed E-state index contributed by atoms with van der Waals surface area (Å²) in [7, 11) is 0. The highest BCUT2D eigenvalue weighted by atomic mass is 16.6. The van der Waals surface area contributed by atoms with Crippen LogP contribution < -0.4 is 15.8 Å². The zero-order chi connectivity index (χ0) is 19.1. The predicted octanol–water partition coefficient (Wildman–Crippen LogP) is 2.12. The Morgan fingerprint density at radius 2 is 1.88 bits per heavy atom. The van der Waals surface area contributed by atoms with Crippen LogP contribution in [0.4, 0.5) is 16.2 Å². The van der Waals surface area contributed by atoms with Gasteiger partial charge in [0, 0.05) is 19.4 Å². The van der Waals surface area contributed by atoms with Crippen molar-refractivity contribution in [3.8, 4) is 0 Å². The summed E-state index contributed by atoms with van der Waals surface area (Å²) < 4.78 is 5.29. The molecule has 3 rings (SSSR count). The summed E-state index contributed by atoms with van der Waals surface area (Å²) >= 11 is 0. The first-order valence-electron chi connectivity index (χ1n) is 8.72. The topological polar surface area (TPSA) is 96.2 Å². The lowest BCUT2D eigenvalue weighted by Gasteiger charge is -2.38. The maximum Gasteiger partial charge on any atom is 0.444 e. The average Bonchev–Trinajstić information content (AvgIpc) is 2.98. The molecule has 3 amide bonds. The number of carbonyl (C=O) groups is 3. The third-order valence-corrected chi connectivity index (χ3v) is 4.31. The number of fused-ring (bicyclic) bond motifs is 1. The minimum atomic E-state index is -0.832. The number of ether oxygens (including phenoxy) is 1. The Balaban J connectivity index is 2.02. The minimum absolute atomic E-state index is 0.00258. The minimum Gasteiger partial charge on any atom is -0.441 e. The van der Waals surface area contributed by atoms with Crippen LogP contribution in [-0.2, 0) is 20.7 Å². The molecule has 0 aromatic heterocycles. The number of rotatable bonds is 2. The molecule has 0 atom stereocenters. The molecule has 2 heterocycles. The molecule has 1 saturated heterocycles. The SMILES string of the molecule is CC(C)(C)OC(=O)N(N)N1C(=O)CCc2cccc(N3CCCC3=O)c21. The number of aryl methyl sites for hydroxylation is 1. The van der Waals surface area contributed by atoms with Gasteiger partial charge in [-0.05, 0) is 45.2 Å². The number of carbonyl (C=O) groups excluding carboxylic acids is 3. The first kappa shape index (κ1) is 18.2. The summed E-state index contributed by atoms with van der Waals surface area (Å²) in [5, 5.41) is 1.84. The second-order valence-electron chi connectivity index (χ2n) is 7.46. The number of anilines is 2. The fourth-order valence-electron chi connectivity index (χ4n) is 3.24. The fraction of sp³-hybridized carbons (Fsp3) is 0.500. The second-order valence-corrected chi connectivity index (χ2v) is 7.46. The van der Waals surface area contributed by atoms with Crippen molar-refractivity contribution in [2.75, 3.05) is 16.5 Å². The van der Waals surface area contributed by atoms with Crippen LogP contribution in [0.1, 0.15) is 45.6 Å². The molecule has 140 valence electrons. The van der Waals surface area contributed by atoms with Gasteiger partial charge in [0.05, 0.1) is 11.4 Å². The van der Waals surface area contributed by atoms with Gasteiger partial charge in [-0.2, -0.15) is 5.01 Å². The molecule has 0 saturated carbocycles. The van der Waals surface area contributed by atoms with Gasteiger partial charge in [-0.1, -0.05) is 12.1 Å². The molecule has 8 heteroatoms. The van der Waals surface area contributed by atoms with Crippen molar-refractivity contribution in [3.05, 3.63) is 23.8 Å². The van der Waals surface area contributed by atoms with Crippen LogP contribution in [0, 0.1) is 0 Å². The van der Waals surface area contributed by atoms with Gasteiger partial charge in [0.25, 0.3) is 0 Å². The van der Waals surface area contributed by atoms with E-state index in [1.54, 1.807) is 31.7 Å². The van der Waals surface area contributed by atoms with Gasteiger partial charge in [-0.25, -0.2) is 10.6 Å². The standard InChI is InChI=1S/C18H24N4O4/c1-18(2,3)26-17(25)22(19)21-15(24)10-9-12-6-4-7-13(16(12)21)20-11-5-8-14(20)23/h4,6-7H,5,8-11,19H2,1-3H3. The Morgan fingerprint density at radius 1 is 1.15 bits per heavy atom. The number of para-hydroxylation sites is 1. The molecule has 1 aromatic carbocycles. The van der Waals surface area contributed by atoms with E-state index in [-0.39, 0.29) is 18.2 Å². The molecule has 26 heavy (non-hydrogen) atoms. The lowest BCUT2D eigenvalue weighted by atomic mass is 10.0. The largest absolute Gasteiger partial charge is 0.444 e. The van der Waals surface area contributed by atoms with Gasteiger partial charge in [0.15, 0.2) is 0 Å². The average molecular weight is 360 g/mol. The van der Waals surface area contributed by atoms with Crippen LogP contribution in [0.5, 0.6) is 0 Å². The van der Waals surface area contributed by atoms with E-state index in [0.717, 1.165) is 17.0 Å². The van der Waals surface area contributed by atoms with Gasteiger partial charge in [0.2, 0.25) is 11.8 Å². The predicted molar refractivity (Wildman–Crippen MR) is 96.1 cm³/mol. The Hall–Kier alpha value is -2.61. The van der Waals surface area contributed by atoms with Crippen LogP contribution >= 0.6 is 0 Å². The molecular formula is C18H24N4O4. The van der Waals surface area contributed by atoms with Gasteiger partial charge >= 0.3 is 6.09 Å². The number of amides is 3. The maximum atomic E-state index is 12.6. The molecular weight excluding hydrogens is 336 g/mol. The van der Waals surface area contributed by atoms with Crippen molar-refractivity contribution >= 4 is 29.3 Å². The van der Waals surface area contributed by atoms with Gasteiger partial charge < -0.3 is 9.64 Å². The Morgan fingerprint density at radius 3 is 2.50 bits per heavy atom. The highest BCUT2D eigenvalue weighted by Crippen LogP contribution is 2.39. The molecule has 0 aliphatic carbocycles. The highest BCUT2D eigenvalue weighted by molar-refractivity contribution is 6.05. The van der Waals surface area contributed by atoms with Crippen LogP contribution in [0.15, 0.2) is 18.2 Å². The van der Waals surface area contributed by atoms with E-state index in [9.17, 15) is 14.4 Å². The Kier molecular flexibility index (Phi) is 4.62. The monoisotopic (exact) mass is 360 g/mol. The number of hydrogen-bond donors (Lipinski definition) is 1. The molecule has 2 aliphatic rings. The van der Waals surface area contributed by atoms with E-state index < -0.39 is 11.7 Å². The van der Waals surface area contributed by atoms with E-state index in [0.29, 0.717) is 35.9 Å². The smallest absolute Gasteiger partial charge is 0.441 e. The number of hydrazine groups is 2. The zero-order valence-corrected chi connectivity index (χ0v) is 15.3. The third kappa shape index (κ3) is 3.37. The van der Waals surface area contributed by atoms with Crippen LogP contribution in [0.2, 0.25) is 0 Å². The molecule has 0 radical (unpaired) electrons. The zero-order valence-electron chi connectivity index (χ0n) is 15.3. The first-order valence-corrected chi connectivity index (χ1v) is 8.72. The summed E-state index contributed by atoms with van der Waals surface area (Å²) in [6.45, 7) is 5.74. The molecule has 1 aromatic rings. The maximum absolute atomic E-state index is 12.6. The van der Waals surface area contributed by atoms with Crippen molar-refractivity contribution in [2.24, 2.45) is 5.84 Å². The van der Waals surface area contributed by atoms with Crippen LogP contribution in [-0.4, -0.2) is 35.2 Å². The van der Waals surface area contributed by atoms with Crippen LogP contribution in [0.3, 0.4) is 0 Å². The lowest BCUT2D eigenvalue weighted by molar-refractivity contribution is -0.122. The summed E-state index contributed by atoms with van der Waals surface area (Å²) in [4.78, 5) is 38.9.